The maximum absolute atomic E-state index is 8.42. The quantitative estimate of drug-likeness (QED) is 0.0339. The molecule has 97 heavy (non-hydrogen) atoms. The van der Waals surface area contributed by atoms with Crippen molar-refractivity contribution in [3.63, 3.8) is 0 Å². The third-order valence-electron chi connectivity index (χ3n) is 19.0. The molecule has 1 atom stereocenters. The Kier molecular flexibility index (Phi) is 22.4. The third kappa shape index (κ3) is 15.4. The summed E-state index contributed by atoms with van der Waals surface area (Å²) in [4.78, 5) is 15.9. The van der Waals surface area contributed by atoms with Crippen molar-refractivity contribution in [3.8, 4) is 0 Å². The van der Waals surface area contributed by atoms with Gasteiger partial charge in [-0.05, 0) is 153 Å². The van der Waals surface area contributed by atoms with Crippen LogP contribution in [0.25, 0.3) is 15.8 Å². The molecular formula is C86H95N5O3SSi2. The van der Waals surface area contributed by atoms with Gasteiger partial charge in [0.2, 0.25) is 5.70 Å². The fourth-order valence-electron chi connectivity index (χ4n) is 14.2. The van der Waals surface area contributed by atoms with Gasteiger partial charge in [-0.15, -0.1) is 11.8 Å². The van der Waals surface area contributed by atoms with Gasteiger partial charge in [0.15, 0.2) is 5.70 Å². The standard InChI is InChI=1S/C86H95N5O3SSi2/c1-16-90(59-60-92-96(83(3,4)5,75-36-24-18-25-37-75)76-38-26-19-27-39-76)71-53-57-74(58-54-71)91(73-55-51-70(52-56-73)89(14)15)72-49-46-66(47-50-72)45-48-68-64-85(9,10)63-67(33-32-44-79-80(88-13)81(65(2)87-12)94-86(79,11)69-34-22-17-23-35-69)82(68)95-62-61-93-97(84(6,7)8,77-40-28-20-29-41-77)78-42-30-21-31-43-78/h17-58H,16,59-64H2,1-11,14-15H3/b44-32+,48-45+,67-33+,81-65+. The second kappa shape index (κ2) is 30.7. The van der Waals surface area contributed by atoms with Crippen LogP contribution in [0.1, 0.15) is 100 Å². The summed E-state index contributed by atoms with van der Waals surface area (Å²) in [6.07, 6.45) is 12.7. The number of ether oxygens (including phenoxy) is 1. The fraction of sp³-hybridized carbons (Fsp3) is 0.279. The molecule has 11 heteroatoms. The number of benzene rings is 8. The zero-order valence-electron chi connectivity index (χ0n) is 59.1. The molecule has 1 aliphatic heterocycles. The lowest BCUT2D eigenvalue weighted by Gasteiger charge is -2.43. The lowest BCUT2D eigenvalue weighted by Crippen LogP contribution is -2.67. The summed E-state index contributed by atoms with van der Waals surface area (Å²) in [7, 11) is -1.35. The summed E-state index contributed by atoms with van der Waals surface area (Å²) < 4.78 is 21.6. The van der Waals surface area contributed by atoms with Crippen molar-refractivity contribution in [2.75, 3.05) is 60.9 Å². The Bertz CT molecular complexity index is 4180. The summed E-state index contributed by atoms with van der Waals surface area (Å²) >= 11 is 1.87. The zero-order chi connectivity index (χ0) is 69.0. The summed E-state index contributed by atoms with van der Waals surface area (Å²) in [6, 6.07) is 80.4. The first kappa shape index (κ1) is 70.9. The van der Waals surface area contributed by atoms with Gasteiger partial charge in [0.25, 0.3) is 16.6 Å². The highest BCUT2D eigenvalue weighted by Gasteiger charge is 2.51. The van der Waals surface area contributed by atoms with Gasteiger partial charge in [-0.2, -0.15) is 0 Å². The van der Waals surface area contributed by atoms with Crippen molar-refractivity contribution in [2.24, 2.45) is 5.41 Å². The number of anilines is 5. The van der Waals surface area contributed by atoms with Crippen LogP contribution in [0, 0.1) is 18.6 Å². The Labute approximate surface area is 586 Å². The van der Waals surface area contributed by atoms with Gasteiger partial charge in [0.05, 0.1) is 19.8 Å². The molecule has 1 unspecified atom stereocenters. The molecule has 1 heterocycles. The van der Waals surface area contributed by atoms with Gasteiger partial charge in [0, 0.05) is 78.5 Å². The SMILES string of the molecule is [C-]#[N+]C1=C(/C=C/C=C2\CC(C)(C)CC(/C=C/c3ccc(N(c4ccc(N(C)C)cc4)c4ccc(N(CC)CCO[Si](c5ccccc5)(c5ccccc5)C(C)(C)C)cc4)cc3)=C2SCCO[Si](c2ccccc2)(c2ccccc2)C(C)(C)C)C(C)(c2ccccc2)O/C1=C(\C)[N+]#[C-]. The normalized spacial score (nSPS) is 16.9. The van der Waals surface area contributed by atoms with Crippen LogP contribution < -0.4 is 35.4 Å². The molecule has 8 nitrogen and oxygen atoms in total. The van der Waals surface area contributed by atoms with Crippen LogP contribution in [0.3, 0.4) is 0 Å². The van der Waals surface area contributed by atoms with Crippen molar-refractivity contribution < 1.29 is 13.6 Å². The van der Waals surface area contributed by atoms with E-state index in [-0.39, 0.29) is 15.5 Å². The molecule has 2 aliphatic rings. The summed E-state index contributed by atoms with van der Waals surface area (Å²) in [6.45, 7) is 43.8. The van der Waals surface area contributed by atoms with Crippen LogP contribution in [0.2, 0.25) is 10.1 Å². The number of hydrogen-bond acceptors (Lipinski definition) is 7. The second-order valence-electron chi connectivity index (χ2n) is 28.5. The van der Waals surface area contributed by atoms with E-state index in [1.54, 1.807) is 6.92 Å². The minimum atomic E-state index is -2.81. The molecule has 496 valence electrons. The highest BCUT2D eigenvalue weighted by atomic mass is 32.2. The van der Waals surface area contributed by atoms with Crippen LogP contribution in [-0.2, 0) is 19.2 Å². The molecule has 0 saturated heterocycles. The number of likely N-dealkylation sites (N-methyl/N-ethyl adjacent to an activating group) is 1. The fourth-order valence-corrected chi connectivity index (χ4v) is 24.5. The smallest absolute Gasteiger partial charge is 0.261 e. The summed E-state index contributed by atoms with van der Waals surface area (Å²) in [5.41, 5.74) is 10.4. The Morgan fingerprint density at radius 3 is 1.45 bits per heavy atom. The van der Waals surface area contributed by atoms with Crippen LogP contribution in [-0.4, -0.2) is 62.8 Å². The number of allylic oxidation sites excluding steroid dienone is 6. The number of hydrogen-bond donors (Lipinski definition) is 0. The van der Waals surface area contributed by atoms with Crippen LogP contribution in [0.5, 0.6) is 0 Å². The van der Waals surface area contributed by atoms with Crippen LogP contribution in [0.15, 0.2) is 288 Å². The van der Waals surface area contributed by atoms with Crippen molar-refractivity contribution in [2.45, 2.75) is 105 Å². The molecule has 10 rings (SSSR count). The molecule has 1 aliphatic carbocycles. The summed E-state index contributed by atoms with van der Waals surface area (Å²) in [5, 5.41) is 4.84. The third-order valence-corrected chi connectivity index (χ3v) is 30.2. The van der Waals surface area contributed by atoms with E-state index >= 15 is 0 Å². The number of thioether (sulfide) groups is 1. The zero-order valence-corrected chi connectivity index (χ0v) is 61.9. The van der Waals surface area contributed by atoms with Gasteiger partial charge in [0.1, 0.15) is 11.4 Å². The van der Waals surface area contributed by atoms with E-state index in [2.05, 4.69) is 319 Å². The van der Waals surface area contributed by atoms with E-state index in [4.69, 9.17) is 26.7 Å². The predicted octanol–water partition coefficient (Wildman–Crippen LogP) is 19.8. The maximum Gasteiger partial charge on any atom is 0.261 e. The maximum atomic E-state index is 8.42. The topological polar surface area (TPSA) is 46.1 Å². The lowest BCUT2D eigenvalue weighted by molar-refractivity contribution is 0.0747. The van der Waals surface area contributed by atoms with Crippen molar-refractivity contribution in [3.05, 3.63) is 321 Å². The van der Waals surface area contributed by atoms with Crippen molar-refractivity contribution >= 4 is 83.7 Å². The first-order valence-electron chi connectivity index (χ1n) is 34.0. The van der Waals surface area contributed by atoms with Crippen molar-refractivity contribution in [1.82, 2.24) is 0 Å². The average Bonchev–Trinajstić information content (AvgIpc) is 1.46. The predicted molar refractivity (Wildman–Crippen MR) is 417 cm³/mol. The Hall–Kier alpha value is -8.92. The first-order valence-corrected chi connectivity index (χ1v) is 38.8. The molecule has 0 spiro atoms. The minimum Gasteiger partial charge on any atom is -0.502 e. The van der Waals surface area contributed by atoms with E-state index in [1.807, 2.05) is 55.1 Å². The molecule has 0 radical (unpaired) electrons. The van der Waals surface area contributed by atoms with E-state index in [0.29, 0.717) is 30.4 Å². The van der Waals surface area contributed by atoms with Crippen molar-refractivity contribution in [1.29, 1.82) is 0 Å². The number of rotatable bonds is 24. The molecule has 0 N–H and O–H groups in total. The Morgan fingerprint density at radius 1 is 0.567 bits per heavy atom. The van der Waals surface area contributed by atoms with E-state index in [0.717, 1.165) is 76.8 Å². The Balaban J connectivity index is 0.978. The highest BCUT2D eigenvalue weighted by molar-refractivity contribution is 8.03. The van der Waals surface area contributed by atoms with E-state index in [1.165, 1.54) is 36.8 Å². The van der Waals surface area contributed by atoms with Gasteiger partial charge in [-0.3, -0.25) is 0 Å². The van der Waals surface area contributed by atoms with Gasteiger partial charge >= 0.3 is 0 Å². The monoisotopic (exact) mass is 1330 g/mol. The minimum absolute atomic E-state index is 0.0676. The van der Waals surface area contributed by atoms with Gasteiger partial charge in [-0.1, -0.05) is 250 Å². The van der Waals surface area contributed by atoms with Crippen LogP contribution >= 0.6 is 11.8 Å². The molecule has 0 aromatic heterocycles. The molecule has 0 saturated carbocycles. The average molecular weight is 1330 g/mol. The molecule has 0 bridgehead atoms. The molecular weight excluding hydrogens is 1240 g/mol. The van der Waals surface area contributed by atoms with Gasteiger partial charge < -0.3 is 28.3 Å². The summed E-state index contributed by atoms with van der Waals surface area (Å²) in [5.74, 6) is 1.08. The van der Waals surface area contributed by atoms with Crippen LogP contribution in [0.4, 0.5) is 28.4 Å². The largest absolute Gasteiger partial charge is 0.502 e. The first-order chi connectivity index (χ1) is 46.6. The number of nitrogens with zero attached hydrogens (tertiary/aromatic N) is 5. The Morgan fingerprint density at radius 2 is 1.01 bits per heavy atom. The van der Waals surface area contributed by atoms with E-state index in [9.17, 15) is 0 Å². The highest BCUT2D eigenvalue weighted by Crippen LogP contribution is 2.50. The molecule has 8 aromatic carbocycles. The van der Waals surface area contributed by atoms with E-state index < -0.39 is 22.2 Å². The van der Waals surface area contributed by atoms with Gasteiger partial charge in [-0.25, -0.2) is 9.69 Å². The molecule has 0 fully saturated rings. The molecule has 8 aromatic rings. The lowest BCUT2D eigenvalue weighted by atomic mass is 9.74. The molecule has 0 amide bonds. The second-order valence-corrected chi connectivity index (χ2v) is 38.2.